The number of carbonyl (C=O) groups is 1. The Labute approximate surface area is 125 Å². The van der Waals surface area contributed by atoms with Gasteiger partial charge in [0.2, 0.25) is 0 Å². The number of halogens is 2. The van der Waals surface area contributed by atoms with Gasteiger partial charge in [-0.05, 0) is 25.1 Å². The Morgan fingerprint density at radius 2 is 2.33 bits per heavy atom. The van der Waals surface area contributed by atoms with Crippen LogP contribution in [0.3, 0.4) is 0 Å². The Morgan fingerprint density at radius 1 is 1.48 bits per heavy atom. The van der Waals surface area contributed by atoms with Crippen LogP contribution in [0.5, 0.6) is 0 Å². The number of benzene rings is 1. The number of H-pyrrole nitrogens is 1. The molecule has 21 heavy (non-hydrogen) atoms. The summed E-state index contributed by atoms with van der Waals surface area (Å²) < 4.78 is 13.7. The van der Waals surface area contributed by atoms with Gasteiger partial charge in [-0.15, -0.1) is 0 Å². The lowest BCUT2D eigenvalue weighted by atomic mass is 10.1. The number of aromatic amines is 1. The monoisotopic (exact) mass is 308 g/mol. The van der Waals surface area contributed by atoms with Crippen LogP contribution in [0.2, 0.25) is 5.02 Å². The van der Waals surface area contributed by atoms with Gasteiger partial charge in [-0.1, -0.05) is 17.7 Å². The normalized spacial score (nSPS) is 13.8. The molecule has 1 aromatic heterocycles. The summed E-state index contributed by atoms with van der Waals surface area (Å²) in [6, 6.07) is 4.43. The smallest absolute Gasteiger partial charge is 0.272 e. The van der Waals surface area contributed by atoms with Gasteiger partial charge in [-0.3, -0.25) is 9.89 Å². The van der Waals surface area contributed by atoms with Crippen LogP contribution in [0.25, 0.3) is 0 Å². The molecule has 7 heteroatoms. The van der Waals surface area contributed by atoms with Crippen molar-refractivity contribution < 1.29 is 9.18 Å². The van der Waals surface area contributed by atoms with Crippen molar-refractivity contribution >= 4 is 17.5 Å². The van der Waals surface area contributed by atoms with E-state index in [-0.39, 0.29) is 18.0 Å². The second-order valence-corrected chi connectivity index (χ2v) is 5.25. The number of carbonyl (C=O) groups excluding carboxylic acids is 1. The van der Waals surface area contributed by atoms with E-state index in [2.05, 4.69) is 20.8 Å². The lowest BCUT2D eigenvalue weighted by molar-refractivity contribution is 0.0944. The van der Waals surface area contributed by atoms with Crippen LogP contribution in [0.15, 0.2) is 18.2 Å². The number of rotatable bonds is 3. The van der Waals surface area contributed by atoms with Gasteiger partial charge in [-0.25, -0.2) is 4.39 Å². The van der Waals surface area contributed by atoms with E-state index in [1.54, 1.807) is 6.07 Å². The van der Waals surface area contributed by atoms with Crippen LogP contribution in [0, 0.1) is 5.82 Å². The standard InChI is InChI=1S/C14H14ClFN4O/c15-10-2-1-3-11(16)9(10)6-18-14(21)13-8-4-5-17-7-12(8)19-20-13/h1-3,17H,4-7H2,(H,18,21)(H,19,20). The van der Waals surface area contributed by atoms with Gasteiger partial charge in [0.15, 0.2) is 5.69 Å². The fraction of sp³-hybridized carbons (Fsp3) is 0.286. The van der Waals surface area contributed by atoms with E-state index in [0.717, 1.165) is 24.2 Å². The molecule has 1 aliphatic heterocycles. The molecule has 110 valence electrons. The van der Waals surface area contributed by atoms with Gasteiger partial charge >= 0.3 is 0 Å². The van der Waals surface area contributed by atoms with E-state index in [1.165, 1.54) is 12.1 Å². The Hall–Kier alpha value is -1.92. The van der Waals surface area contributed by atoms with Crippen molar-refractivity contribution in [3.8, 4) is 0 Å². The zero-order valence-corrected chi connectivity index (χ0v) is 11.9. The van der Waals surface area contributed by atoms with E-state index < -0.39 is 5.82 Å². The molecule has 2 heterocycles. The van der Waals surface area contributed by atoms with Crippen LogP contribution in [0.4, 0.5) is 4.39 Å². The molecule has 3 N–H and O–H groups in total. The van der Waals surface area contributed by atoms with Gasteiger partial charge in [0.25, 0.3) is 5.91 Å². The second kappa shape index (κ2) is 5.83. The second-order valence-electron chi connectivity index (χ2n) is 4.84. The number of hydrogen-bond donors (Lipinski definition) is 3. The average molecular weight is 309 g/mol. The topological polar surface area (TPSA) is 69.8 Å². The summed E-state index contributed by atoms with van der Waals surface area (Å²) in [5.41, 5.74) is 2.50. The van der Waals surface area contributed by atoms with Gasteiger partial charge < -0.3 is 10.6 Å². The minimum atomic E-state index is -0.434. The van der Waals surface area contributed by atoms with Crippen molar-refractivity contribution in [3.05, 3.63) is 51.6 Å². The largest absolute Gasteiger partial charge is 0.346 e. The molecule has 1 amide bonds. The molecule has 0 radical (unpaired) electrons. The summed E-state index contributed by atoms with van der Waals surface area (Å²) in [6.45, 7) is 1.52. The van der Waals surface area contributed by atoms with Crippen LogP contribution in [0.1, 0.15) is 27.3 Å². The molecule has 1 aliphatic rings. The number of aromatic nitrogens is 2. The maximum Gasteiger partial charge on any atom is 0.272 e. The predicted octanol–water partition coefficient (Wildman–Crippen LogP) is 1.78. The summed E-state index contributed by atoms with van der Waals surface area (Å²) in [4.78, 5) is 12.2. The molecular weight excluding hydrogens is 295 g/mol. The number of nitrogens with one attached hydrogen (secondary N) is 3. The summed E-state index contributed by atoms with van der Waals surface area (Å²) in [5, 5.41) is 13.1. The highest BCUT2D eigenvalue weighted by Crippen LogP contribution is 2.19. The molecule has 0 saturated carbocycles. The lowest BCUT2D eigenvalue weighted by Crippen LogP contribution is -2.28. The first-order valence-corrected chi connectivity index (χ1v) is 7.02. The average Bonchev–Trinajstić information content (AvgIpc) is 2.90. The third kappa shape index (κ3) is 2.77. The highest BCUT2D eigenvalue weighted by Gasteiger charge is 2.21. The molecule has 0 spiro atoms. The van der Waals surface area contributed by atoms with Gasteiger partial charge in [0.05, 0.1) is 5.69 Å². The Kier molecular flexibility index (Phi) is 3.90. The quantitative estimate of drug-likeness (QED) is 0.809. The molecule has 5 nitrogen and oxygen atoms in total. The van der Waals surface area contributed by atoms with Crippen LogP contribution < -0.4 is 10.6 Å². The van der Waals surface area contributed by atoms with E-state index in [0.29, 0.717) is 17.3 Å². The zero-order chi connectivity index (χ0) is 14.8. The van der Waals surface area contributed by atoms with Crippen molar-refractivity contribution in [1.82, 2.24) is 20.8 Å². The first-order chi connectivity index (χ1) is 10.2. The third-order valence-corrected chi connectivity index (χ3v) is 3.86. The maximum absolute atomic E-state index is 13.7. The predicted molar refractivity (Wildman–Crippen MR) is 76.6 cm³/mol. The molecule has 0 saturated heterocycles. The summed E-state index contributed by atoms with van der Waals surface area (Å²) >= 11 is 5.93. The molecule has 0 unspecified atom stereocenters. The maximum atomic E-state index is 13.7. The van der Waals surface area contributed by atoms with Gasteiger partial charge in [-0.2, -0.15) is 5.10 Å². The minimum absolute atomic E-state index is 0.0320. The number of fused-ring (bicyclic) bond motifs is 1. The van der Waals surface area contributed by atoms with Crippen molar-refractivity contribution in [3.63, 3.8) is 0 Å². The molecular formula is C14H14ClFN4O. The van der Waals surface area contributed by atoms with E-state index in [4.69, 9.17) is 11.6 Å². The fourth-order valence-electron chi connectivity index (χ4n) is 2.38. The summed E-state index contributed by atoms with van der Waals surface area (Å²) in [7, 11) is 0. The summed E-state index contributed by atoms with van der Waals surface area (Å²) in [5.74, 6) is -0.759. The third-order valence-electron chi connectivity index (χ3n) is 3.51. The molecule has 0 bridgehead atoms. The Morgan fingerprint density at radius 3 is 3.14 bits per heavy atom. The molecule has 0 aliphatic carbocycles. The van der Waals surface area contributed by atoms with E-state index in [9.17, 15) is 9.18 Å². The highest BCUT2D eigenvalue weighted by molar-refractivity contribution is 6.31. The Bertz CT molecular complexity index is 665. The molecule has 1 aromatic carbocycles. The summed E-state index contributed by atoms with van der Waals surface area (Å²) in [6.07, 6.45) is 0.745. The first kappa shape index (κ1) is 14.0. The molecule has 2 aromatic rings. The molecule has 0 fully saturated rings. The van der Waals surface area contributed by atoms with Crippen molar-refractivity contribution in [2.45, 2.75) is 19.5 Å². The van der Waals surface area contributed by atoms with Gasteiger partial charge in [0, 0.05) is 29.2 Å². The molecule has 3 rings (SSSR count). The van der Waals surface area contributed by atoms with E-state index >= 15 is 0 Å². The fourth-order valence-corrected chi connectivity index (χ4v) is 2.61. The van der Waals surface area contributed by atoms with Crippen molar-refractivity contribution in [2.24, 2.45) is 0 Å². The number of amides is 1. The first-order valence-electron chi connectivity index (χ1n) is 6.64. The Balaban J connectivity index is 1.74. The van der Waals surface area contributed by atoms with E-state index in [1.807, 2.05) is 0 Å². The number of hydrogen-bond acceptors (Lipinski definition) is 3. The SMILES string of the molecule is O=C(NCc1c(F)cccc1Cl)c1n[nH]c2c1CCNC2. The van der Waals surface area contributed by atoms with Crippen LogP contribution in [-0.4, -0.2) is 22.6 Å². The number of nitrogens with zero attached hydrogens (tertiary/aromatic N) is 1. The molecule has 0 atom stereocenters. The highest BCUT2D eigenvalue weighted by atomic mass is 35.5. The zero-order valence-electron chi connectivity index (χ0n) is 11.2. The van der Waals surface area contributed by atoms with Gasteiger partial charge in [0.1, 0.15) is 5.82 Å². The van der Waals surface area contributed by atoms with Crippen molar-refractivity contribution in [1.29, 1.82) is 0 Å². The van der Waals surface area contributed by atoms with Crippen LogP contribution in [-0.2, 0) is 19.5 Å². The van der Waals surface area contributed by atoms with Crippen molar-refractivity contribution in [2.75, 3.05) is 6.54 Å². The van der Waals surface area contributed by atoms with Crippen LogP contribution >= 0.6 is 11.6 Å². The minimum Gasteiger partial charge on any atom is -0.346 e. The lowest BCUT2D eigenvalue weighted by Gasteiger charge is -2.13.